The molecule has 0 saturated heterocycles. The highest BCUT2D eigenvalue weighted by atomic mass is 32.2. The van der Waals surface area contributed by atoms with E-state index in [-0.39, 0.29) is 20.4 Å². The third kappa shape index (κ3) is 2.53. The molecule has 4 N–H and O–H groups in total. The molecule has 0 atom stereocenters. The van der Waals surface area contributed by atoms with Gasteiger partial charge in [0.05, 0.1) is 7.11 Å². The van der Waals surface area contributed by atoms with Crippen LogP contribution >= 0.6 is 11.3 Å². The van der Waals surface area contributed by atoms with Crippen molar-refractivity contribution in [3.63, 3.8) is 0 Å². The van der Waals surface area contributed by atoms with Gasteiger partial charge in [0.1, 0.15) is 9.77 Å². The topological polar surface area (TPSA) is 112 Å². The van der Waals surface area contributed by atoms with Gasteiger partial charge in [0.2, 0.25) is 10.0 Å². The lowest BCUT2D eigenvalue weighted by atomic mass is 10.1. The fourth-order valence-electron chi connectivity index (χ4n) is 1.83. The quantitative estimate of drug-likeness (QED) is 0.882. The first-order valence-corrected chi connectivity index (χ1v) is 7.81. The standard InChI is InChI=1S/C12H12N2O4S2/c1-18-12-10(20(14,16)17)8(9(19-12)11(13)15)7-5-3-2-4-6-7/h2-6H,1H3,(H2,13,15)(H2,14,16,17). The van der Waals surface area contributed by atoms with Crippen molar-refractivity contribution in [2.75, 3.05) is 7.11 Å². The molecule has 2 rings (SSSR count). The number of carbonyl (C=O) groups is 1. The number of ether oxygens (including phenoxy) is 1. The Morgan fingerprint density at radius 1 is 1.25 bits per heavy atom. The second-order valence-corrected chi connectivity index (χ2v) is 6.38. The van der Waals surface area contributed by atoms with Crippen LogP contribution in [0.2, 0.25) is 0 Å². The number of benzene rings is 1. The molecule has 0 aliphatic carbocycles. The summed E-state index contributed by atoms with van der Waals surface area (Å²) in [5.74, 6) is -0.734. The van der Waals surface area contributed by atoms with Crippen molar-refractivity contribution >= 4 is 27.3 Å². The second kappa shape index (κ2) is 5.23. The molecule has 0 unspecified atom stereocenters. The summed E-state index contributed by atoms with van der Waals surface area (Å²) in [5.41, 5.74) is 6.03. The normalized spacial score (nSPS) is 11.3. The van der Waals surface area contributed by atoms with E-state index >= 15 is 0 Å². The van der Waals surface area contributed by atoms with Crippen LogP contribution in [0.3, 0.4) is 0 Å². The van der Waals surface area contributed by atoms with Crippen molar-refractivity contribution < 1.29 is 17.9 Å². The van der Waals surface area contributed by atoms with Gasteiger partial charge in [0.15, 0.2) is 5.06 Å². The van der Waals surface area contributed by atoms with Crippen LogP contribution in [0.15, 0.2) is 35.2 Å². The smallest absolute Gasteiger partial charge is 0.259 e. The minimum absolute atomic E-state index is 0.0418. The van der Waals surface area contributed by atoms with E-state index in [1.54, 1.807) is 30.3 Å². The van der Waals surface area contributed by atoms with E-state index < -0.39 is 15.9 Å². The summed E-state index contributed by atoms with van der Waals surface area (Å²) in [5, 5.41) is 5.27. The van der Waals surface area contributed by atoms with Crippen molar-refractivity contribution in [3.8, 4) is 16.2 Å². The number of hydrogen-bond acceptors (Lipinski definition) is 5. The van der Waals surface area contributed by atoms with Crippen LogP contribution < -0.4 is 15.6 Å². The van der Waals surface area contributed by atoms with Crippen LogP contribution in [0.5, 0.6) is 5.06 Å². The average molecular weight is 312 g/mol. The lowest BCUT2D eigenvalue weighted by molar-refractivity contribution is 0.100. The molecule has 8 heteroatoms. The fourth-order valence-corrected chi connectivity index (χ4v) is 4.07. The van der Waals surface area contributed by atoms with E-state index in [1.165, 1.54) is 7.11 Å². The van der Waals surface area contributed by atoms with Crippen molar-refractivity contribution in [1.82, 2.24) is 0 Å². The summed E-state index contributed by atoms with van der Waals surface area (Å²) >= 11 is 0.860. The van der Waals surface area contributed by atoms with Gasteiger partial charge in [0.25, 0.3) is 5.91 Å². The van der Waals surface area contributed by atoms with Gasteiger partial charge in [-0.25, -0.2) is 13.6 Å². The van der Waals surface area contributed by atoms with Crippen molar-refractivity contribution in [2.24, 2.45) is 10.9 Å². The molecule has 106 valence electrons. The summed E-state index contributed by atoms with van der Waals surface area (Å²) in [6.07, 6.45) is 0. The molecule has 6 nitrogen and oxygen atoms in total. The van der Waals surface area contributed by atoms with Gasteiger partial charge in [-0.15, -0.1) is 0 Å². The third-order valence-corrected chi connectivity index (χ3v) is 4.84. The maximum absolute atomic E-state index is 11.8. The van der Waals surface area contributed by atoms with Gasteiger partial charge >= 0.3 is 0 Å². The van der Waals surface area contributed by atoms with E-state index in [2.05, 4.69) is 0 Å². The average Bonchev–Trinajstić information content (AvgIpc) is 2.79. The molecular formula is C12H12N2O4S2. The highest BCUT2D eigenvalue weighted by Crippen LogP contribution is 2.43. The van der Waals surface area contributed by atoms with Gasteiger partial charge in [-0.3, -0.25) is 4.79 Å². The van der Waals surface area contributed by atoms with Crippen molar-refractivity contribution in [1.29, 1.82) is 0 Å². The first kappa shape index (κ1) is 14.5. The number of carbonyl (C=O) groups excluding carboxylic acids is 1. The lowest BCUT2D eigenvalue weighted by Gasteiger charge is -2.05. The van der Waals surface area contributed by atoms with Crippen LogP contribution in [0.1, 0.15) is 9.67 Å². The Kier molecular flexibility index (Phi) is 3.80. The van der Waals surface area contributed by atoms with Crippen LogP contribution in [-0.2, 0) is 10.0 Å². The number of hydrogen-bond donors (Lipinski definition) is 2. The Bertz CT molecular complexity index is 751. The summed E-state index contributed by atoms with van der Waals surface area (Å²) in [7, 11) is -2.75. The summed E-state index contributed by atoms with van der Waals surface area (Å²) < 4.78 is 28.6. The number of methoxy groups -OCH3 is 1. The molecule has 20 heavy (non-hydrogen) atoms. The zero-order chi connectivity index (χ0) is 14.9. The number of thiophene rings is 1. The SMILES string of the molecule is COc1sc(C(N)=O)c(-c2ccccc2)c1S(N)(=O)=O. The number of nitrogens with two attached hydrogens (primary N) is 2. The first-order chi connectivity index (χ1) is 9.36. The Morgan fingerprint density at radius 2 is 1.85 bits per heavy atom. The Labute approximate surface area is 120 Å². The van der Waals surface area contributed by atoms with E-state index in [9.17, 15) is 13.2 Å². The van der Waals surface area contributed by atoms with Gasteiger partial charge in [0, 0.05) is 5.56 Å². The molecule has 1 amide bonds. The van der Waals surface area contributed by atoms with E-state index in [1.807, 2.05) is 0 Å². The van der Waals surface area contributed by atoms with Crippen LogP contribution in [0.25, 0.3) is 11.1 Å². The Morgan fingerprint density at radius 3 is 2.30 bits per heavy atom. The maximum Gasteiger partial charge on any atom is 0.259 e. The number of primary sulfonamides is 1. The molecule has 2 aromatic rings. The third-order valence-electron chi connectivity index (χ3n) is 2.59. The van der Waals surface area contributed by atoms with Gasteiger partial charge < -0.3 is 10.5 Å². The molecule has 0 radical (unpaired) electrons. The molecule has 1 aromatic carbocycles. The fraction of sp³-hybridized carbons (Fsp3) is 0.0833. The molecular weight excluding hydrogens is 300 g/mol. The highest BCUT2D eigenvalue weighted by Gasteiger charge is 2.29. The molecule has 1 heterocycles. The number of primary amides is 1. The predicted octanol–water partition coefficient (Wildman–Crippen LogP) is 1.17. The molecule has 0 spiro atoms. The Hall–Kier alpha value is -1.90. The maximum atomic E-state index is 11.8. The van der Waals surface area contributed by atoms with Crippen molar-refractivity contribution in [2.45, 2.75) is 4.90 Å². The molecule has 0 bridgehead atoms. The lowest BCUT2D eigenvalue weighted by Crippen LogP contribution is -2.15. The summed E-state index contributed by atoms with van der Waals surface area (Å²) in [6.45, 7) is 0. The Balaban J connectivity index is 2.89. The zero-order valence-electron chi connectivity index (χ0n) is 10.5. The number of sulfonamides is 1. The summed E-state index contributed by atoms with van der Waals surface area (Å²) in [4.78, 5) is 11.4. The monoisotopic (exact) mass is 312 g/mol. The zero-order valence-corrected chi connectivity index (χ0v) is 12.1. The molecule has 0 aliphatic heterocycles. The van der Waals surface area contributed by atoms with E-state index in [4.69, 9.17) is 15.6 Å². The van der Waals surface area contributed by atoms with Gasteiger partial charge in [-0.05, 0) is 5.56 Å². The van der Waals surface area contributed by atoms with Crippen LogP contribution in [0.4, 0.5) is 0 Å². The number of amides is 1. The van der Waals surface area contributed by atoms with Crippen LogP contribution in [-0.4, -0.2) is 21.4 Å². The largest absolute Gasteiger partial charge is 0.486 e. The van der Waals surface area contributed by atoms with Crippen LogP contribution in [0, 0.1) is 0 Å². The highest BCUT2D eigenvalue weighted by molar-refractivity contribution is 7.89. The van der Waals surface area contributed by atoms with Gasteiger partial charge in [-0.1, -0.05) is 41.7 Å². The van der Waals surface area contributed by atoms with Gasteiger partial charge in [-0.2, -0.15) is 0 Å². The van der Waals surface area contributed by atoms with E-state index in [0.29, 0.717) is 5.56 Å². The minimum atomic E-state index is -4.06. The predicted molar refractivity (Wildman–Crippen MR) is 76.2 cm³/mol. The first-order valence-electron chi connectivity index (χ1n) is 5.45. The second-order valence-electron chi connectivity index (χ2n) is 3.90. The molecule has 0 saturated carbocycles. The summed E-state index contributed by atoms with van der Waals surface area (Å²) in [6, 6.07) is 8.55. The molecule has 1 aromatic heterocycles. The molecule has 0 fully saturated rings. The molecule has 0 aliphatic rings. The van der Waals surface area contributed by atoms with E-state index in [0.717, 1.165) is 11.3 Å². The van der Waals surface area contributed by atoms with Crippen molar-refractivity contribution in [3.05, 3.63) is 35.2 Å². The number of rotatable bonds is 4. The minimum Gasteiger partial charge on any atom is -0.486 e.